The van der Waals surface area contributed by atoms with Gasteiger partial charge in [0.15, 0.2) is 5.96 Å². The molecular formula is C23H33N3O3. The molecule has 0 heterocycles. The second-order valence-corrected chi connectivity index (χ2v) is 7.04. The van der Waals surface area contributed by atoms with Gasteiger partial charge in [0, 0.05) is 31.1 Å². The molecule has 2 aromatic carbocycles. The first kappa shape index (κ1) is 22.6. The highest BCUT2D eigenvalue weighted by Crippen LogP contribution is 2.29. The fraction of sp³-hybridized carbons (Fsp3) is 0.435. The molecule has 0 aliphatic rings. The van der Waals surface area contributed by atoms with E-state index in [0.717, 1.165) is 6.54 Å². The number of aliphatic imine (C=N–C) groups is 1. The molecule has 0 saturated heterocycles. The molecule has 2 rings (SSSR count). The molecule has 6 heteroatoms. The molecule has 158 valence electrons. The quantitative estimate of drug-likeness (QED) is 0.445. The number of methoxy groups -OCH3 is 2. The van der Waals surface area contributed by atoms with E-state index in [9.17, 15) is 5.11 Å². The number of aliphatic hydroxyl groups is 1. The molecule has 0 bridgehead atoms. The van der Waals surface area contributed by atoms with Crippen LogP contribution in [0, 0.1) is 6.92 Å². The number of guanidine groups is 1. The zero-order chi connectivity index (χ0) is 21.2. The minimum absolute atomic E-state index is 0.300. The number of aliphatic hydroxyl groups excluding tert-OH is 1. The number of nitrogens with zero attached hydrogens (tertiary/aromatic N) is 1. The van der Waals surface area contributed by atoms with E-state index in [1.54, 1.807) is 32.4 Å². The van der Waals surface area contributed by atoms with Gasteiger partial charge >= 0.3 is 0 Å². The fourth-order valence-electron chi connectivity index (χ4n) is 2.97. The van der Waals surface area contributed by atoms with E-state index in [4.69, 9.17) is 9.47 Å². The molecule has 2 unspecified atom stereocenters. The van der Waals surface area contributed by atoms with Crippen LogP contribution in [0.25, 0.3) is 0 Å². The summed E-state index contributed by atoms with van der Waals surface area (Å²) in [6.07, 6.45) is -0.765. The molecular weight excluding hydrogens is 366 g/mol. The van der Waals surface area contributed by atoms with Crippen molar-refractivity contribution in [1.29, 1.82) is 0 Å². The lowest BCUT2D eigenvalue weighted by molar-refractivity contribution is 0.176. The second kappa shape index (κ2) is 11.3. The lowest BCUT2D eigenvalue weighted by Crippen LogP contribution is -2.39. The van der Waals surface area contributed by atoms with E-state index < -0.39 is 6.10 Å². The predicted molar refractivity (Wildman–Crippen MR) is 118 cm³/mol. The smallest absolute Gasteiger partial charge is 0.191 e. The van der Waals surface area contributed by atoms with Crippen LogP contribution in [0.5, 0.6) is 11.5 Å². The van der Waals surface area contributed by atoms with Crippen molar-refractivity contribution in [3.63, 3.8) is 0 Å². The van der Waals surface area contributed by atoms with Crippen molar-refractivity contribution >= 4 is 5.96 Å². The van der Waals surface area contributed by atoms with Crippen molar-refractivity contribution in [2.75, 3.05) is 33.9 Å². The Bertz CT molecular complexity index is 790. The van der Waals surface area contributed by atoms with Gasteiger partial charge in [-0.1, -0.05) is 36.8 Å². The maximum absolute atomic E-state index is 10.7. The zero-order valence-electron chi connectivity index (χ0n) is 18.0. The predicted octanol–water partition coefficient (Wildman–Crippen LogP) is 3.40. The number of aryl methyl sites for hydroxylation is 1. The number of rotatable bonds is 9. The average Bonchev–Trinajstić information content (AvgIpc) is 2.75. The van der Waals surface area contributed by atoms with Crippen molar-refractivity contribution < 1.29 is 14.6 Å². The monoisotopic (exact) mass is 399 g/mol. The van der Waals surface area contributed by atoms with Crippen LogP contribution in [0.15, 0.2) is 47.5 Å². The Labute approximate surface area is 174 Å². The standard InChI is InChI=1S/C23H33N3O3/c1-6-24-23(25-14-17(3)18-9-7-16(2)8-10-18)26-15-21(27)20-13-19(28-4)11-12-22(20)29-5/h7-13,17,21,27H,6,14-15H2,1-5H3,(H2,24,25,26). The van der Waals surface area contributed by atoms with Gasteiger partial charge in [0.2, 0.25) is 0 Å². The van der Waals surface area contributed by atoms with E-state index in [1.165, 1.54) is 11.1 Å². The minimum atomic E-state index is -0.765. The highest BCUT2D eigenvalue weighted by molar-refractivity contribution is 5.79. The Morgan fingerprint density at radius 3 is 2.41 bits per heavy atom. The van der Waals surface area contributed by atoms with Gasteiger partial charge in [-0.25, -0.2) is 0 Å². The first-order chi connectivity index (χ1) is 14.0. The van der Waals surface area contributed by atoms with Crippen LogP contribution < -0.4 is 20.1 Å². The summed E-state index contributed by atoms with van der Waals surface area (Å²) in [5.74, 6) is 2.27. The molecule has 0 aliphatic carbocycles. The van der Waals surface area contributed by atoms with Crippen LogP contribution in [0.2, 0.25) is 0 Å². The largest absolute Gasteiger partial charge is 0.497 e. The van der Waals surface area contributed by atoms with E-state index in [-0.39, 0.29) is 0 Å². The minimum Gasteiger partial charge on any atom is -0.497 e. The molecule has 0 radical (unpaired) electrons. The summed E-state index contributed by atoms with van der Waals surface area (Å²) >= 11 is 0. The molecule has 0 fully saturated rings. The van der Waals surface area contributed by atoms with Crippen LogP contribution >= 0.6 is 0 Å². The molecule has 29 heavy (non-hydrogen) atoms. The third-order valence-electron chi connectivity index (χ3n) is 4.77. The molecule has 0 amide bonds. The number of hydrogen-bond donors (Lipinski definition) is 3. The molecule has 0 aromatic heterocycles. The highest BCUT2D eigenvalue weighted by Gasteiger charge is 2.15. The van der Waals surface area contributed by atoms with Gasteiger partial charge in [0.05, 0.1) is 20.3 Å². The van der Waals surface area contributed by atoms with Gasteiger partial charge in [0.25, 0.3) is 0 Å². The van der Waals surface area contributed by atoms with E-state index in [1.807, 2.05) is 6.92 Å². The summed E-state index contributed by atoms with van der Waals surface area (Å²) in [7, 11) is 3.19. The highest BCUT2D eigenvalue weighted by atomic mass is 16.5. The number of nitrogens with one attached hydrogen (secondary N) is 2. The van der Waals surface area contributed by atoms with Crippen LogP contribution in [0.3, 0.4) is 0 Å². The lowest BCUT2D eigenvalue weighted by atomic mass is 10.0. The van der Waals surface area contributed by atoms with Crippen molar-refractivity contribution in [1.82, 2.24) is 10.6 Å². The number of benzene rings is 2. The van der Waals surface area contributed by atoms with Crippen LogP contribution in [-0.4, -0.2) is 44.9 Å². The van der Waals surface area contributed by atoms with Gasteiger partial charge in [0.1, 0.15) is 11.5 Å². The van der Waals surface area contributed by atoms with Crippen LogP contribution in [-0.2, 0) is 0 Å². The first-order valence-electron chi connectivity index (χ1n) is 9.97. The van der Waals surface area contributed by atoms with Gasteiger partial charge in [-0.3, -0.25) is 4.99 Å². The molecule has 2 aromatic rings. The maximum Gasteiger partial charge on any atom is 0.191 e. The average molecular weight is 400 g/mol. The van der Waals surface area contributed by atoms with Crippen molar-refractivity contribution in [3.8, 4) is 11.5 Å². The van der Waals surface area contributed by atoms with Crippen LogP contribution in [0.4, 0.5) is 0 Å². The summed E-state index contributed by atoms with van der Waals surface area (Å²) < 4.78 is 10.6. The van der Waals surface area contributed by atoms with E-state index in [2.05, 4.69) is 53.7 Å². The zero-order valence-corrected chi connectivity index (χ0v) is 18.0. The van der Waals surface area contributed by atoms with Gasteiger partial charge in [-0.15, -0.1) is 0 Å². The molecule has 2 atom stereocenters. The molecule has 3 N–H and O–H groups in total. The summed E-state index contributed by atoms with van der Waals surface area (Å²) in [4.78, 5) is 4.68. The third-order valence-corrected chi connectivity index (χ3v) is 4.77. The number of hydrogen-bond acceptors (Lipinski definition) is 4. The Balaban J connectivity index is 2.02. The Hall–Kier alpha value is -2.73. The molecule has 0 aliphatic heterocycles. The maximum atomic E-state index is 10.7. The van der Waals surface area contributed by atoms with Crippen molar-refractivity contribution in [2.24, 2.45) is 4.99 Å². The lowest BCUT2D eigenvalue weighted by Gasteiger charge is -2.19. The summed E-state index contributed by atoms with van der Waals surface area (Å²) in [5, 5.41) is 17.1. The second-order valence-electron chi connectivity index (χ2n) is 7.04. The summed E-state index contributed by atoms with van der Waals surface area (Å²) in [6.45, 7) is 7.95. The SMILES string of the molecule is CCNC(=NCC(C)c1ccc(C)cc1)NCC(O)c1cc(OC)ccc1OC. The Kier molecular flexibility index (Phi) is 8.80. The Morgan fingerprint density at radius 1 is 1.07 bits per heavy atom. The Morgan fingerprint density at radius 2 is 1.79 bits per heavy atom. The molecule has 0 spiro atoms. The van der Waals surface area contributed by atoms with E-state index >= 15 is 0 Å². The normalized spacial score (nSPS) is 13.5. The van der Waals surface area contributed by atoms with Gasteiger partial charge in [-0.2, -0.15) is 0 Å². The van der Waals surface area contributed by atoms with Crippen LogP contribution in [0.1, 0.15) is 42.6 Å². The van der Waals surface area contributed by atoms with Crippen molar-refractivity contribution in [3.05, 3.63) is 59.2 Å². The molecule has 6 nitrogen and oxygen atoms in total. The van der Waals surface area contributed by atoms with E-state index in [0.29, 0.717) is 42.0 Å². The summed E-state index contributed by atoms with van der Waals surface area (Å²) in [5.41, 5.74) is 3.18. The summed E-state index contributed by atoms with van der Waals surface area (Å²) in [6, 6.07) is 13.9. The first-order valence-corrected chi connectivity index (χ1v) is 9.97. The van der Waals surface area contributed by atoms with Gasteiger partial charge < -0.3 is 25.2 Å². The van der Waals surface area contributed by atoms with Crippen molar-refractivity contribution in [2.45, 2.75) is 32.8 Å². The number of ether oxygens (including phenoxy) is 2. The topological polar surface area (TPSA) is 75.1 Å². The van der Waals surface area contributed by atoms with Gasteiger partial charge in [-0.05, 0) is 37.6 Å². The molecule has 0 saturated carbocycles. The third kappa shape index (κ3) is 6.68. The fourth-order valence-corrected chi connectivity index (χ4v) is 2.97.